The van der Waals surface area contributed by atoms with Gasteiger partial charge >= 0.3 is 0 Å². The molecule has 0 aliphatic heterocycles. The van der Waals surface area contributed by atoms with E-state index in [0.29, 0.717) is 18.0 Å². The Morgan fingerprint density at radius 2 is 2.10 bits per heavy atom. The Morgan fingerprint density at radius 1 is 1.29 bits per heavy atom. The minimum absolute atomic E-state index is 0.0407. The van der Waals surface area contributed by atoms with Crippen LogP contribution in [0.1, 0.15) is 5.82 Å². The van der Waals surface area contributed by atoms with Crippen LogP contribution < -0.4 is 14.2 Å². The lowest BCUT2D eigenvalue weighted by Crippen LogP contribution is -2.26. The number of benzene rings is 1. The summed E-state index contributed by atoms with van der Waals surface area (Å²) in [4.78, 5) is 0.0407. The third kappa shape index (κ3) is 3.67. The van der Waals surface area contributed by atoms with Gasteiger partial charge in [-0.25, -0.2) is 13.1 Å². The number of hydrogen-bond acceptors (Lipinski definition) is 7. The van der Waals surface area contributed by atoms with Crippen LogP contribution in [0.3, 0.4) is 0 Å². The average Bonchev–Trinajstić information content (AvgIpc) is 2.99. The van der Waals surface area contributed by atoms with E-state index in [1.807, 2.05) is 0 Å². The van der Waals surface area contributed by atoms with Gasteiger partial charge in [0.05, 0.1) is 14.2 Å². The summed E-state index contributed by atoms with van der Waals surface area (Å²) in [5.41, 5.74) is 0. The predicted molar refractivity (Wildman–Crippen MR) is 72.6 cm³/mol. The average molecular weight is 313 g/mol. The number of methoxy groups -OCH3 is 2. The van der Waals surface area contributed by atoms with Gasteiger partial charge in [0.2, 0.25) is 10.0 Å². The van der Waals surface area contributed by atoms with Crippen molar-refractivity contribution >= 4 is 10.0 Å². The summed E-state index contributed by atoms with van der Waals surface area (Å²) in [6, 6.07) is 4.48. The van der Waals surface area contributed by atoms with Crippen molar-refractivity contribution in [3.8, 4) is 11.5 Å². The number of nitrogens with zero attached hydrogens (tertiary/aromatic N) is 3. The summed E-state index contributed by atoms with van der Waals surface area (Å²) < 4.78 is 37.1. The molecule has 2 aromatic rings. The van der Waals surface area contributed by atoms with Gasteiger partial charge in [-0.3, -0.25) is 0 Å². The summed E-state index contributed by atoms with van der Waals surface area (Å²) in [5, 5.41) is 13.2. The van der Waals surface area contributed by atoms with Crippen LogP contribution in [0.25, 0.3) is 0 Å². The molecule has 21 heavy (non-hydrogen) atoms. The monoisotopic (exact) mass is 313 g/mol. The molecule has 0 unspecified atom stereocenters. The number of ether oxygens (including phenoxy) is 2. The third-order valence-electron chi connectivity index (χ3n) is 2.69. The molecule has 1 aromatic heterocycles. The van der Waals surface area contributed by atoms with Crippen LogP contribution in [-0.2, 0) is 16.4 Å². The zero-order valence-corrected chi connectivity index (χ0v) is 12.3. The molecule has 0 bridgehead atoms. The number of tetrazole rings is 1. The predicted octanol–water partition coefficient (Wildman–Crippen LogP) is -0.262. The van der Waals surface area contributed by atoms with Crippen molar-refractivity contribution < 1.29 is 17.9 Å². The Balaban J connectivity index is 2.11. The van der Waals surface area contributed by atoms with E-state index < -0.39 is 10.0 Å². The molecule has 1 aromatic carbocycles. The summed E-state index contributed by atoms with van der Waals surface area (Å²) in [6.45, 7) is 0.150. The maximum Gasteiger partial charge on any atom is 0.244 e. The van der Waals surface area contributed by atoms with Crippen LogP contribution in [-0.4, -0.2) is 49.8 Å². The van der Waals surface area contributed by atoms with Gasteiger partial charge in [0.25, 0.3) is 0 Å². The fourth-order valence-electron chi connectivity index (χ4n) is 1.66. The van der Waals surface area contributed by atoms with Crippen LogP contribution in [0, 0.1) is 0 Å². The summed E-state index contributed by atoms with van der Waals surface area (Å²) in [6.07, 6.45) is 0.328. The molecule has 1 heterocycles. The number of hydrogen-bond donors (Lipinski definition) is 2. The van der Waals surface area contributed by atoms with Gasteiger partial charge in [0.1, 0.15) is 16.4 Å². The number of sulfonamides is 1. The van der Waals surface area contributed by atoms with Gasteiger partial charge in [-0.1, -0.05) is 5.21 Å². The number of aromatic nitrogens is 4. The fraction of sp³-hybridized carbons (Fsp3) is 0.364. The van der Waals surface area contributed by atoms with Crippen molar-refractivity contribution in [2.45, 2.75) is 11.3 Å². The Kier molecular flexibility index (Phi) is 4.70. The van der Waals surface area contributed by atoms with E-state index in [1.54, 1.807) is 6.07 Å². The minimum atomic E-state index is -3.70. The van der Waals surface area contributed by atoms with Gasteiger partial charge in [-0.2, -0.15) is 5.21 Å². The molecule has 0 spiro atoms. The van der Waals surface area contributed by atoms with E-state index >= 15 is 0 Å². The molecule has 0 amide bonds. The molecule has 0 aliphatic rings. The van der Waals surface area contributed by atoms with Crippen LogP contribution >= 0.6 is 0 Å². The molecule has 2 N–H and O–H groups in total. The van der Waals surface area contributed by atoms with Gasteiger partial charge in [0.15, 0.2) is 5.82 Å². The lowest BCUT2D eigenvalue weighted by molar-refractivity contribution is 0.386. The maximum absolute atomic E-state index is 12.2. The first-order chi connectivity index (χ1) is 10.1. The van der Waals surface area contributed by atoms with Crippen LogP contribution in [0.2, 0.25) is 0 Å². The van der Waals surface area contributed by atoms with Crippen molar-refractivity contribution in [2.75, 3.05) is 20.8 Å². The number of rotatable bonds is 7. The minimum Gasteiger partial charge on any atom is -0.497 e. The topological polar surface area (TPSA) is 119 Å². The fourth-order valence-corrected chi connectivity index (χ4v) is 2.84. The lowest BCUT2D eigenvalue weighted by atomic mass is 10.3. The molecule has 0 aliphatic carbocycles. The molecular weight excluding hydrogens is 298 g/mol. The Labute approximate surface area is 121 Å². The van der Waals surface area contributed by atoms with E-state index in [2.05, 4.69) is 25.3 Å². The van der Waals surface area contributed by atoms with Gasteiger partial charge in [-0.15, -0.1) is 10.2 Å². The Morgan fingerprint density at radius 3 is 2.71 bits per heavy atom. The van der Waals surface area contributed by atoms with Crippen molar-refractivity contribution in [2.24, 2.45) is 0 Å². The zero-order valence-electron chi connectivity index (χ0n) is 11.5. The second-order valence-corrected chi connectivity index (χ2v) is 5.73. The highest BCUT2D eigenvalue weighted by molar-refractivity contribution is 7.89. The highest BCUT2D eigenvalue weighted by Crippen LogP contribution is 2.28. The van der Waals surface area contributed by atoms with E-state index in [1.165, 1.54) is 26.4 Å². The van der Waals surface area contributed by atoms with E-state index in [0.717, 1.165) is 0 Å². The largest absolute Gasteiger partial charge is 0.497 e. The molecule has 0 saturated carbocycles. The maximum atomic E-state index is 12.2. The summed E-state index contributed by atoms with van der Waals surface area (Å²) in [5.74, 6) is 1.15. The molecule has 0 atom stereocenters. The van der Waals surface area contributed by atoms with Gasteiger partial charge in [0, 0.05) is 19.0 Å². The second kappa shape index (κ2) is 6.50. The first kappa shape index (κ1) is 15.2. The number of aromatic amines is 1. The van der Waals surface area contributed by atoms with Crippen molar-refractivity contribution in [3.05, 3.63) is 24.0 Å². The molecule has 10 heteroatoms. The number of H-pyrrole nitrogens is 1. The van der Waals surface area contributed by atoms with E-state index in [9.17, 15) is 8.42 Å². The smallest absolute Gasteiger partial charge is 0.244 e. The quantitative estimate of drug-likeness (QED) is 0.722. The molecular formula is C11H15N5O4S. The highest BCUT2D eigenvalue weighted by atomic mass is 32.2. The highest BCUT2D eigenvalue weighted by Gasteiger charge is 2.19. The van der Waals surface area contributed by atoms with E-state index in [-0.39, 0.29) is 17.2 Å². The summed E-state index contributed by atoms with van der Waals surface area (Å²) >= 11 is 0. The molecule has 0 saturated heterocycles. The van der Waals surface area contributed by atoms with Crippen LogP contribution in [0.5, 0.6) is 11.5 Å². The molecule has 0 radical (unpaired) electrons. The summed E-state index contributed by atoms with van der Waals surface area (Å²) in [7, 11) is -0.810. The molecule has 0 fully saturated rings. The van der Waals surface area contributed by atoms with E-state index in [4.69, 9.17) is 9.47 Å². The van der Waals surface area contributed by atoms with Gasteiger partial charge in [-0.05, 0) is 12.1 Å². The standard InChI is InChI=1S/C11H15N5O4S/c1-19-8-3-4-10(9(7-8)20-2)21(17,18)12-6-5-11-13-15-16-14-11/h3-4,7,12H,5-6H2,1-2H3,(H,13,14,15,16). The van der Waals surface area contributed by atoms with Crippen LogP contribution in [0.4, 0.5) is 0 Å². The first-order valence-corrected chi connectivity index (χ1v) is 7.49. The second-order valence-electron chi connectivity index (χ2n) is 3.99. The van der Waals surface area contributed by atoms with Crippen LogP contribution in [0.15, 0.2) is 23.1 Å². The molecule has 9 nitrogen and oxygen atoms in total. The first-order valence-electron chi connectivity index (χ1n) is 6.01. The molecule has 2 rings (SSSR count). The van der Waals surface area contributed by atoms with Crippen molar-refractivity contribution in [1.82, 2.24) is 25.3 Å². The Bertz CT molecular complexity index is 687. The van der Waals surface area contributed by atoms with Crippen molar-refractivity contribution in [1.29, 1.82) is 0 Å². The number of nitrogens with one attached hydrogen (secondary N) is 2. The Hall–Kier alpha value is -2.20. The SMILES string of the molecule is COc1ccc(S(=O)(=O)NCCc2nn[nH]n2)c(OC)c1. The zero-order chi connectivity index (χ0) is 15.3. The molecule has 114 valence electrons. The van der Waals surface area contributed by atoms with Gasteiger partial charge < -0.3 is 9.47 Å². The van der Waals surface area contributed by atoms with Crippen molar-refractivity contribution in [3.63, 3.8) is 0 Å². The lowest BCUT2D eigenvalue weighted by Gasteiger charge is -2.11. The third-order valence-corrected chi connectivity index (χ3v) is 4.19. The normalized spacial score (nSPS) is 11.3.